The van der Waals surface area contributed by atoms with Crippen molar-refractivity contribution in [3.8, 4) is 11.1 Å². The van der Waals surface area contributed by atoms with E-state index in [1.807, 2.05) is 0 Å². The number of hydrogen-bond acceptors (Lipinski definition) is 2. The van der Waals surface area contributed by atoms with Crippen LogP contribution in [0.2, 0.25) is 0 Å². The van der Waals surface area contributed by atoms with Crippen molar-refractivity contribution in [2.75, 3.05) is 6.16 Å². The molecule has 0 radical (unpaired) electrons. The highest BCUT2D eigenvalue weighted by molar-refractivity contribution is 7.58. The maximum Gasteiger partial charge on any atom is 0.213 e. The predicted octanol–water partition coefficient (Wildman–Crippen LogP) is 4.96. The average Bonchev–Trinajstić information content (AvgIpc) is 2.52. The number of rotatable bonds is 7. The molecule has 0 bridgehead atoms. The monoisotopic (exact) mass is 331 g/mol. The SMILES string of the molecule is C=CCC(c1ccc(-c2cccc(F)c2)cn1)P(=O)(O)CC=C. The van der Waals surface area contributed by atoms with Crippen LogP contribution in [0.3, 0.4) is 0 Å². The van der Waals surface area contributed by atoms with Crippen LogP contribution in [-0.2, 0) is 4.57 Å². The Morgan fingerprint density at radius 2 is 2.00 bits per heavy atom. The molecule has 0 amide bonds. The van der Waals surface area contributed by atoms with Gasteiger partial charge in [-0.1, -0.05) is 30.4 Å². The van der Waals surface area contributed by atoms with Crippen molar-refractivity contribution in [2.45, 2.75) is 12.1 Å². The number of aromatic nitrogens is 1. The number of pyridine rings is 1. The molecule has 1 aromatic heterocycles. The maximum atomic E-state index is 13.3. The quantitative estimate of drug-likeness (QED) is 0.576. The topological polar surface area (TPSA) is 50.2 Å². The van der Waals surface area contributed by atoms with Crippen molar-refractivity contribution in [1.29, 1.82) is 0 Å². The van der Waals surface area contributed by atoms with E-state index < -0.39 is 13.0 Å². The van der Waals surface area contributed by atoms with Gasteiger partial charge in [-0.05, 0) is 30.2 Å². The smallest absolute Gasteiger partial charge is 0.213 e. The molecule has 120 valence electrons. The van der Waals surface area contributed by atoms with Gasteiger partial charge < -0.3 is 4.89 Å². The Bertz CT molecular complexity index is 743. The molecule has 1 aromatic carbocycles. The van der Waals surface area contributed by atoms with Gasteiger partial charge in [0, 0.05) is 17.9 Å². The molecule has 5 heteroatoms. The molecule has 0 spiro atoms. The summed E-state index contributed by atoms with van der Waals surface area (Å²) in [6, 6.07) is 9.71. The second-order valence-electron chi connectivity index (χ2n) is 5.25. The van der Waals surface area contributed by atoms with E-state index in [0.29, 0.717) is 17.7 Å². The third-order valence-electron chi connectivity index (χ3n) is 3.55. The van der Waals surface area contributed by atoms with E-state index in [1.165, 1.54) is 18.2 Å². The molecule has 0 fully saturated rings. The van der Waals surface area contributed by atoms with Gasteiger partial charge in [-0.25, -0.2) is 4.39 Å². The van der Waals surface area contributed by atoms with Gasteiger partial charge in [-0.2, -0.15) is 0 Å². The van der Waals surface area contributed by atoms with Crippen LogP contribution in [-0.4, -0.2) is 16.0 Å². The van der Waals surface area contributed by atoms with Crippen molar-refractivity contribution in [3.05, 3.63) is 79.4 Å². The zero-order chi connectivity index (χ0) is 16.9. The first kappa shape index (κ1) is 17.3. The van der Waals surface area contributed by atoms with Crippen molar-refractivity contribution in [2.24, 2.45) is 0 Å². The molecule has 2 unspecified atom stereocenters. The van der Waals surface area contributed by atoms with E-state index in [2.05, 4.69) is 18.1 Å². The molecule has 0 saturated heterocycles. The van der Waals surface area contributed by atoms with Gasteiger partial charge in [0.2, 0.25) is 7.37 Å². The molecule has 0 saturated carbocycles. The average molecular weight is 331 g/mol. The van der Waals surface area contributed by atoms with Crippen LogP contribution in [0.1, 0.15) is 17.8 Å². The van der Waals surface area contributed by atoms with Crippen LogP contribution in [0.15, 0.2) is 67.9 Å². The fourth-order valence-corrected chi connectivity index (χ4v) is 4.07. The molecule has 1 N–H and O–H groups in total. The fourth-order valence-electron chi connectivity index (χ4n) is 2.40. The fraction of sp³-hybridized carbons (Fsp3) is 0.167. The van der Waals surface area contributed by atoms with E-state index in [1.54, 1.807) is 36.5 Å². The van der Waals surface area contributed by atoms with Gasteiger partial charge in [0.1, 0.15) is 5.82 Å². The van der Waals surface area contributed by atoms with Crippen LogP contribution in [0.5, 0.6) is 0 Å². The van der Waals surface area contributed by atoms with Gasteiger partial charge >= 0.3 is 0 Å². The predicted molar refractivity (Wildman–Crippen MR) is 92.1 cm³/mol. The minimum Gasteiger partial charge on any atom is -0.344 e. The summed E-state index contributed by atoms with van der Waals surface area (Å²) < 4.78 is 25.7. The molecule has 0 aliphatic carbocycles. The van der Waals surface area contributed by atoms with Gasteiger partial charge in [-0.3, -0.25) is 9.55 Å². The zero-order valence-electron chi connectivity index (χ0n) is 12.7. The maximum absolute atomic E-state index is 13.3. The molecule has 2 aromatic rings. The van der Waals surface area contributed by atoms with Crippen molar-refractivity contribution in [3.63, 3.8) is 0 Å². The second kappa shape index (κ2) is 7.49. The van der Waals surface area contributed by atoms with Gasteiger partial charge in [0.25, 0.3) is 0 Å². The Kier molecular flexibility index (Phi) is 5.64. The highest BCUT2D eigenvalue weighted by Crippen LogP contribution is 2.56. The molecule has 0 aliphatic heterocycles. The molecule has 2 rings (SSSR count). The Morgan fingerprint density at radius 3 is 2.57 bits per heavy atom. The lowest BCUT2D eigenvalue weighted by molar-refractivity contribution is 0.466. The lowest BCUT2D eigenvalue weighted by Gasteiger charge is -2.20. The van der Waals surface area contributed by atoms with E-state index in [9.17, 15) is 13.8 Å². The third kappa shape index (κ3) is 4.25. The van der Waals surface area contributed by atoms with Crippen LogP contribution in [0.25, 0.3) is 11.1 Å². The van der Waals surface area contributed by atoms with E-state index in [4.69, 9.17) is 0 Å². The molecular formula is C18H19FNO2P. The zero-order valence-corrected chi connectivity index (χ0v) is 13.6. The van der Waals surface area contributed by atoms with E-state index >= 15 is 0 Å². The van der Waals surface area contributed by atoms with Gasteiger partial charge in [0.05, 0.1) is 11.4 Å². The minimum atomic E-state index is -3.45. The summed E-state index contributed by atoms with van der Waals surface area (Å²) >= 11 is 0. The van der Waals surface area contributed by atoms with Gasteiger partial charge in [-0.15, -0.1) is 13.2 Å². The summed E-state index contributed by atoms with van der Waals surface area (Å²) in [5, 5.41) is 0. The Morgan fingerprint density at radius 1 is 1.22 bits per heavy atom. The van der Waals surface area contributed by atoms with Crippen LogP contribution >= 0.6 is 7.37 Å². The number of benzene rings is 1. The molecule has 2 atom stereocenters. The first-order valence-electron chi connectivity index (χ1n) is 7.23. The normalized spacial score (nSPS) is 14.7. The molecule has 0 aliphatic rings. The number of allylic oxidation sites excluding steroid dienone is 2. The number of hydrogen-bond donors (Lipinski definition) is 1. The Balaban J connectivity index is 2.34. The standard InChI is InChI=1S/C18H19FNO2P/c1-3-6-18(23(21,22)11-4-2)17-10-9-15(13-20-17)14-7-5-8-16(19)12-14/h3-5,7-10,12-13,18H,1-2,6,11H2,(H,21,22). The molecule has 1 heterocycles. The van der Waals surface area contributed by atoms with E-state index in [-0.39, 0.29) is 12.0 Å². The van der Waals surface area contributed by atoms with Crippen LogP contribution < -0.4 is 0 Å². The van der Waals surface area contributed by atoms with Crippen molar-refractivity contribution >= 4 is 7.37 Å². The highest BCUT2D eigenvalue weighted by Gasteiger charge is 2.31. The number of nitrogens with zero attached hydrogens (tertiary/aromatic N) is 1. The lowest BCUT2D eigenvalue weighted by atomic mass is 10.1. The molecule has 3 nitrogen and oxygen atoms in total. The first-order valence-corrected chi connectivity index (χ1v) is 9.14. The Hall–Kier alpha value is -2.03. The summed E-state index contributed by atoms with van der Waals surface area (Å²) in [5.74, 6) is -0.318. The van der Waals surface area contributed by atoms with Gasteiger partial charge in [0.15, 0.2) is 0 Å². The van der Waals surface area contributed by atoms with Crippen molar-refractivity contribution in [1.82, 2.24) is 4.98 Å². The number of halogens is 1. The summed E-state index contributed by atoms with van der Waals surface area (Å²) in [6.45, 7) is 7.18. The molecule has 23 heavy (non-hydrogen) atoms. The Labute approximate surface area is 135 Å². The molecular weight excluding hydrogens is 312 g/mol. The minimum absolute atomic E-state index is 0.0266. The first-order chi connectivity index (χ1) is 11.0. The summed E-state index contributed by atoms with van der Waals surface area (Å²) in [6.07, 6.45) is 5.03. The highest BCUT2D eigenvalue weighted by atomic mass is 31.2. The van der Waals surface area contributed by atoms with E-state index in [0.717, 1.165) is 5.56 Å². The summed E-state index contributed by atoms with van der Waals surface area (Å²) in [7, 11) is -3.45. The van der Waals surface area contributed by atoms with Crippen molar-refractivity contribution < 1.29 is 13.8 Å². The lowest BCUT2D eigenvalue weighted by Crippen LogP contribution is -2.04. The summed E-state index contributed by atoms with van der Waals surface area (Å²) in [4.78, 5) is 14.5. The summed E-state index contributed by atoms with van der Waals surface area (Å²) in [5.41, 5.74) is 1.38. The van der Waals surface area contributed by atoms with Crippen LogP contribution in [0, 0.1) is 5.82 Å². The largest absolute Gasteiger partial charge is 0.344 e. The van der Waals surface area contributed by atoms with Crippen LogP contribution in [0.4, 0.5) is 4.39 Å². The second-order valence-corrected chi connectivity index (χ2v) is 7.75. The third-order valence-corrected chi connectivity index (χ3v) is 5.78.